The van der Waals surface area contributed by atoms with E-state index in [1.807, 2.05) is 29.5 Å². The fraction of sp³-hybridized carbons (Fsp3) is 0.500. The van der Waals surface area contributed by atoms with Gasteiger partial charge in [-0.1, -0.05) is 13.0 Å². The number of halogens is 4. The van der Waals surface area contributed by atoms with Crippen LogP contribution < -0.4 is 0 Å². The fourth-order valence-corrected chi connectivity index (χ4v) is 5.61. The van der Waals surface area contributed by atoms with E-state index >= 15 is 0 Å². The van der Waals surface area contributed by atoms with Crippen molar-refractivity contribution in [2.75, 3.05) is 13.1 Å². The highest BCUT2D eigenvalue weighted by molar-refractivity contribution is 14.1. The van der Waals surface area contributed by atoms with Crippen LogP contribution in [0.2, 0.25) is 0 Å². The molecule has 4 rings (SSSR count). The van der Waals surface area contributed by atoms with Crippen molar-refractivity contribution in [1.29, 1.82) is 0 Å². The molecule has 1 atom stereocenters. The van der Waals surface area contributed by atoms with E-state index < -0.39 is 29.0 Å². The first-order valence-electron chi connectivity index (χ1n) is 11.7. The summed E-state index contributed by atoms with van der Waals surface area (Å²) >= 11 is 1.96. The number of hydrogen-bond acceptors (Lipinski definition) is 3. The molecule has 1 saturated carbocycles. The Labute approximate surface area is 211 Å². The summed E-state index contributed by atoms with van der Waals surface area (Å²) < 4.78 is 43.8. The molecule has 1 aliphatic heterocycles. The second kappa shape index (κ2) is 10.1. The topological polar surface area (TPSA) is 60.8 Å². The van der Waals surface area contributed by atoms with E-state index in [2.05, 4.69) is 0 Å². The monoisotopic (exact) mass is 587 g/mol. The van der Waals surface area contributed by atoms with Crippen LogP contribution in [-0.4, -0.2) is 45.8 Å². The summed E-state index contributed by atoms with van der Waals surface area (Å²) in [6.45, 7) is 2.19. The molecule has 8 heteroatoms. The van der Waals surface area contributed by atoms with Crippen molar-refractivity contribution in [2.24, 2.45) is 11.8 Å². The van der Waals surface area contributed by atoms with Gasteiger partial charge in [0.1, 0.15) is 11.4 Å². The molecular weight excluding hydrogens is 558 g/mol. The summed E-state index contributed by atoms with van der Waals surface area (Å²) in [5.41, 5.74) is -1.07. The Morgan fingerprint density at radius 1 is 1.12 bits per heavy atom. The van der Waals surface area contributed by atoms with Gasteiger partial charge in [-0.2, -0.15) is 0 Å². The smallest absolute Gasteiger partial charge is 0.254 e. The van der Waals surface area contributed by atoms with Gasteiger partial charge in [-0.25, -0.2) is 13.2 Å². The second-order valence-corrected chi connectivity index (χ2v) is 11.1. The molecular formula is C26H29F3INO3. The van der Waals surface area contributed by atoms with E-state index in [0.29, 0.717) is 9.49 Å². The van der Waals surface area contributed by atoms with Crippen LogP contribution in [0, 0.1) is 32.9 Å². The minimum atomic E-state index is -1.16. The minimum Gasteiger partial charge on any atom is -0.393 e. The lowest BCUT2D eigenvalue weighted by molar-refractivity contribution is -0.121. The highest BCUT2D eigenvalue weighted by Gasteiger charge is 2.48. The van der Waals surface area contributed by atoms with Crippen LogP contribution in [0.25, 0.3) is 0 Å². The molecule has 2 N–H and O–H groups in total. The van der Waals surface area contributed by atoms with Gasteiger partial charge in [-0.15, -0.1) is 0 Å². The number of carbonyl (C=O) groups is 1. The quantitative estimate of drug-likeness (QED) is 0.465. The molecule has 2 aliphatic rings. The number of rotatable bonds is 6. The summed E-state index contributed by atoms with van der Waals surface area (Å²) in [4.78, 5) is 14.6. The average Bonchev–Trinajstić information content (AvgIpc) is 2.77. The van der Waals surface area contributed by atoms with E-state index in [1.165, 1.54) is 23.1 Å². The van der Waals surface area contributed by atoms with Gasteiger partial charge in [0, 0.05) is 21.1 Å². The van der Waals surface area contributed by atoms with Gasteiger partial charge < -0.3 is 15.1 Å². The number of hydrogen-bond donors (Lipinski definition) is 2. The molecule has 184 valence electrons. The lowest BCUT2D eigenvalue weighted by Crippen LogP contribution is -2.66. The third-order valence-corrected chi connectivity index (χ3v) is 8.12. The summed E-state index contributed by atoms with van der Waals surface area (Å²) in [7, 11) is 0. The molecule has 34 heavy (non-hydrogen) atoms. The number of aliphatic hydroxyl groups excluding tert-OH is 1. The summed E-state index contributed by atoms with van der Waals surface area (Å²) in [5, 5.41) is 20.8. The van der Waals surface area contributed by atoms with Crippen LogP contribution in [0.15, 0.2) is 30.3 Å². The van der Waals surface area contributed by atoms with Crippen LogP contribution >= 0.6 is 22.6 Å². The third-order valence-electron chi connectivity index (χ3n) is 7.45. The van der Waals surface area contributed by atoms with Crippen LogP contribution in [0.3, 0.4) is 0 Å². The highest BCUT2D eigenvalue weighted by Crippen LogP contribution is 2.38. The van der Waals surface area contributed by atoms with Crippen LogP contribution in [0.4, 0.5) is 13.2 Å². The number of amides is 1. The predicted octanol–water partition coefficient (Wildman–Crippen LogP) is 5.06. The lowest BCUT2D eigenvalue weighted by Gasteiger charge is -2.50. The van der Waals surface area contributed by atoms with Gasteiger partial charge in [0.05, 0.1) is 19.2 Å². The largest absolute Gasteiger partial charge is 0.393 e. The Morgan fingerprint density at radius 2 is 1.79 bits per heavy atom. The number of aliphatic hydroxyl groups is 2. The highest BCUT2D eigenvalue weighted by atomic mass is 127. The van der Waals surface area contributed by atoms with Gasteiger partial charge in [0.2, 0.25) is 0 Å². The molecule has 0 bridgehead atoms. The first-order valence-corrected chi connectivity index (χ1v) is 12.8. The Kier molecular flexibility index (Phi) is 7.59. The molecule has 1 amide bonds. The zero-order valence-corrected chi connectivity index (χ0v) is 21.2. The van der Waals surface area contributed by atoms with E-state index in [4.69, 9.17) is 0 Å². The SMILES string of the molecule is CC(CC1CCC(O)CC1)C1(O)CN(C(=O)c2ccc(F)c(F)c2Cc2ccc(I)cc2F)C1. The number of nitrogens with zero attached hydrogens (tertiary/aromatic N) is 1. The number of β-amino-alcohol motifs (C(OH)–C–C–N with tert-alkyl or cyclic N) is 1. The van der Waals surface area contributed by atoms with Crippen molar-refractivity contribution < 1.29 is 28.2 Å². The molecule has 2 aromatic rings. The van der Waals surface area contributed by atoms with Crippen LogP contribution in [-0.2, 0) is 6.42 Å². The molecule has 1 heterocycles. The van der Waals surface area contributed by atoms with E-state index in [0.717, 1.165) is 38.2 Å². The van der Waals surface area contributed by atoms with Gasteiger partial charge in [0.25, 0.3) is 5.91 Å². The van der Waals surface area contributed by atoms with Gasteiger partial charge in [-0.05, 0) is 96.4 Å². The van der Waals surface area contributed by atoms with Crippen LogP contribution in [0.1, 0.15) is 60.5 Å². The van der Waals surface area contributed by atoms with Gasteiger partial charge in [-0.3, -0.25) is 4.79 Å². The van der Waals surface area contributed by atoms with Crippen molar-refractivity contribution in [3.05, 3.63) is 68.0 Å². The third kappa shape index (κ3) is 5.28. The summed E-state index contributed by atoms with van der Waals surface area (Å²) in [5.74, 6) is -2.90. The van der Waals surface area contributed by atoms with Crippen LogP contribution in [0.5, 0.6) is 0 Å². The number of carbonyl (C=O) groups excluding carboxylic acids is 1. The molecule has 4 nitrogen and oxygen atoms in total. The Bertz CT molecular complexity index is 1070. The Hall–Kier alpha value is -1.65. The Morgan fingerprint density at radius 3 is 2.44 bits per heavy atom. The zero-order chi connectivity index (χ0) is 24.6. The standard InChI is InChI=1S/C26H29F3INO3/c1-15(10-16-2-6-19(32)7-3-16)26(34)13-31(14-26)25(33)20-8-9-22(27)24(29)21(20)11-17-4-5-18(30)12-23(17)28/h4-5,8-9,12,15-16,19,32,34H,2-3,6-7,10-11,13-14H2,1H3. The molecule has 0 spiro atoms. The maximum atomic E-state index is 14.7. The second-order valence-electron chi connectivity index (χ2n) is 9.88. The molecule has 2 fully saturated rings. The average molecular weight is 587 g/mol. The maximum absolute atomic E-state index is 14.7. The molecule has 1 aliphatic carbocycles. The molecule has 1 saturated heterocycles. The van der Waals surface area contributed by atoms with Gasteiger partial charge in [0.15, 0.2) is 11.6 Å². The van der Waals surface area contributed by atoms with E-state index in [-0.39, 0.29) is 48.2 Å². The van der Waals surface area contributed by atoms with E-state index in [9.17, 15) is 28.2 Å². The molecule has 0 radical (unpaired) electrons. The normalized spacial score (nSPS) is 22.9. The molecule has 1 unspecified atom stereocenters. The van der Waals surface area contributed by atoms with Crippen molar-refractivity contribution in [3.8, 4) is 0 Å². The van der Waals surface area contributed by atoms with Crippen molar-refractivity contribution in [3.63, 3.8) is 0 Å². The maximum Gasteiger partial charge on any atom is 0.254 e. The fourth-order valence-electron chi connectivity index (χ4n) is 5.16. The summed E-state index contributed by atoms with van der Waals surface area (Å²) in [6.07, 6.45) is 3.74. The van der Waals surface area contributed by atoms with E-state index in [1.54, 1.807) is 6.07 Å². The van der Waals surface area contributed by atoms with Crippen molar-refractivity contribution in [2.45, 2.75) is 57.2 Å². The number of likely N-dealkylation sites (tertiary alicyclic amines) is 1. The zero-order valence-electron chi connectivity index (χ0n) is 19.0. The minimum absolute atomic E-state index is 0.0205. The predicted molar refractivity (Wildman–Crippen MR) is 131 cm³/mol. The molecule has 0 aromatic heterocycles. The van der Waals surface area contributed by atoms with Gasteiger partial charge >= 0.3 is 0 Å². The lowest BCUT2D eigenvalue weighted by atomic mass is 9.73. The first-order chi connectivity index (χ1) is 16.1. The summed E-state index contributed by atoms with van der Waals surface area (Å²) in [6, 6.07) is 6.61. The Balaban J connectivity index is 1.47. The first kappa shape index (κ1) is 25.4. The van der Waals surface area contributed by atoms with Crippen molar-refractivity contribution >= 4 is 28.5 Å². The molecule has 2 aromatic carbocycles. The number of benzene rings is 2. The van der Waals surface area contributed by atoms with Crippen molar-refractivity contribution in [1.82, 2.24) is 4.90 Å².